The average Bonchev–Trinajstić information content (AvgIpc) is 3.56. The number of halogens is 1. The minimum atomic E-state index is -0.188. The molecule has 5 aromatic carbocycles. The van der Waals surface area contributed by atoms with Crippen LogP contribution < -0.4 is 10.4 Å². The van der Waals surface area contributed by atoms with Gasteiger partial charge < -0.3 is 4.42 Å². The lowest BCUT2D eigenvalue weighted by Crippen LogP contribution is -2.36. The molecule has 0 aliphatic heterocycles. The fraction of sp³-hybridized carbons (Fsp3) is 0.0571. The number of rotatable bonds is 3. The van der Waals surface area contributed by atoms with Crippen molar-refractivity contribution in [1.29, 1.82) is 0 Å². The van der Waals surface area contributed by atoms with Crippen molar-refractivity contribution < 1.29 is 8.81 Å². The Bertz CT molecular complexity index is 2170. The Balaban J connectivity index is 1.53. The second kappa shape index (κ2) is 8.53. The van der Waals surface area contributed by atoms with Gasteiger partial charge in [0.2, 0.25) is 0 Å². The highest BCUT2D eigenvalue weighted by Crippen LogP contribution is 2.41. The molecule has 1 aliphatic carbocycles. The zero-order chi connectivity index (χ0) is 25.9. The van der Waals surface area contributed by atoms with Crippen LogP contribution >= 0.6 is 0 Å². The monoisotopic (exact) mass is 506 g/mol. The van der Waals surface area contributed by atoms with Crippen molar-refractivity contribution in [2.45, 2.75) is 12.3 Å². The predicted octanol–water partition coefficient (Wildman–Crippen LogP) is 7.52. The molecule has 2 heterocycles. The van der Waals surface area contributed by atoms with E-state index in [4.69, 9.17) is 9.40 Å². The minimum absolute atomic E-state index is 0.0893. The molecule has 4 heteroatoms. The van der Waals surface area contributed by atoms with Crippen LogP contribution in [-0.4, -0.2) is 9.55 Å². The highest BCUT2D eigenvalue weighted by molar-refractivity contribution is 6.09. The highest BCUT2D eigenvalue weighted by Gasteiger charge is 2.29. The van der Waals surface area contributed by atoms with Crippen molar-refractivity contribution in [2.24, 2.45) is 0 Å². The molecule has 0 saturated heterocycles. The number of furan rings is 1. The van der Waals surface area contributed by atoms with Crippen LogP contribution in [0.1, 0.15) is 17.9 Å². The maximum Gasteiger partial charge on any atom is 0.149 e. The van der Waals surface area contributed by atoms with Crippen molar-refractivity contribution in [1.82, 2.24) is 9.55 Å². The number of hydrogen-bond acceptors (Lipinski definition) is 2. The highest BCUT2D eigenvalue weighted by atomic mass is 19.1. The second-order valence-electron chi connectivity index (χ2n) is 10.0. The summed E-state index contributed by atoms with van der Waals surface area (Å²) >= 11 is 0. The molecule has 0 saturated carbocycles. The third-order valence-corrected chi connectivity index (χ3v) is 7.86. The standard InChI is InChI=1S/C35H23FN2O/c36-29-21-28(22-11-2-1-3-12-22)33(25-15-5-4-13-23(25)29)38-31-19-8-7-18-30(31)37-35(38)27-17-10-16-26-24-14-6-9-20-32(24)39-34(26)27/h1-20,28H,21H2. The van der Waals surface area contributed by atoms with Gasteiger partial charge in [0.25, 0.3) is 0 Å². The number of fused-ring (bicyclic) bond motifs is 5. The van der Waals surface area contributed by atoms with E-state index in [2.05, 4.69) is 47.0 Å². The second-order valence-corrected chi connectivity index (χ2v) is 10.0. The Morgan fingerprint density at radius 3 is 2.31 bits per heavy atom. The van der Waals surface area contributed by atoms with Gasteiger partial charge in [0.05, 0.1) is 16.6 Å². The Morgan fingerprint density at radius 1 is 0.692 bits per heavy atom. The van der Waals surface area contributed by atoms with Crippen molar-refractivity contribution >= 4 is 44.5 Å². The minimum Gasteiger partial charge on any atom is -0.455 e. The summed E-state index contributed by atoms with van der Waals surface area (Å²) in [5.74, 6) is 0.509. The van der Waals surface area contributed by atoms with E-state index >= 15 is 4.39 Å². The number of benzene rings is 5. The van der Waals surface area contributed by atoms with E-state index in [0.29, 0.717) is 5.22 Å². The van der Waals surface area contributed by atoms with Gasteiger partial charge in [-0.15, -0.1) is 0 Å². The molecule has 8 rings (SSSR count). The summed E-state index contributed by atoms with van der Waals surface area (Å²) in [7, 11) is 0. The van der Waals surface area contributed by atoms with Crippen LogP contribution in [0.2, 0.25) is 0 Å². The fourth-order valence-corrected chi connectivity index (χ4v) is 6.13. The fourth-order valence-electron chi connectivity index (χ4n) is 6.13. The van der Waals surface area contributed by atoms with E-state index in [-0.39, 0.29) is 18.2 Å². The van der Waals surface area contributed by atoms with Crippen LogP contribution in [0.15, 0.2) is 126 Å². The molecule has 186 valence electrons. The molecule has 2 aromatic heterocycles. The average molecular weight is 507 g/mol. The quantitative estimate of drug-likeness (QED) is 0.248. The summed E-state index contributed by atoms with van der Waals surface area (Å²) in [6, 6.07) is 40.5. The van der Waals surface area contributed by atoms with Crippen LogP contribution in [0.5, 0.6) is 0 Å². The zero-order valence-corrected chi connectivity index (χ0v) is 21.0. The van der Waals surface area contributed by atoms with Crippen molar-refractivity contribution in [2.75, 3.05) is 0 Å². The first-order chi connectivity index (χ1) is 19.3. The predicted molar refractivity (Wildman–Crippen MR) is 155 cm³/mol. The first-order valence-corrected chi connectivity index (χ1v) is 13.2. The van der Waals surface area contributed by atoms with Crippen molar-refractivity contribution in [3.8, 4) is 11.4 Å². The van der Waals surface area contributed by atoms with Gasteiger partial charge in [0.1, 0.15) is 22.8 Å². The third-order valence-electron chi connectivity index (χ3n) is 7.86. The van der Waals surface area contributed by atoms with E-state index in [1.54, 1.807) is 0 Å². The normalized spacial score (nSPS) is 15.4. The zero-order valence-electron chi connectivity index (χ0n) is 21.0. The first-order valence-electron chi connectivity index (χ1n) is 13.2. The summed E-state index contributed by atoms with van der Waals surface area (Å²) in [4.78, 5) is 5.18. The van der Waals surface area contributed by atoms with Crippen LogP contribution in [0.25, 0.3) is 55.9 Å². The molecule has 0 N–H and O–H groups in total. The van der Waals surface area contributed by atoms with Crippen LogP contribution in [0.4, 0.5) is 4.39 Å². The molecule has 1 atom stereocenters. The van der Waals surface area contributed by atoms with Crippen LogP contribution in [-0.2, 0) is 0 Å². The summed E-state index contributed by atoms with van der Waals surface area (Å²) in [5.41, 5.74) is 6.51. The van der Waals surface area contributed by atoms with Crippen molar-refractivity contribution in [3.05, 3.63) is 137 Å². The van der Waals surface area contributed by atoms with Gasteiger partial charge in [-0.1, -0.05) is 97.1 Å². The van der Waals surface area contributed by atoms with Gasteiger partial charge in [-0.2, -0.15) is 0 Å². The lowest BCUT2D eigenvalue weighted by Gasteiger charge is -2.27. The number of para-hydroxylation sites is 4. The Labute approximate surface area is 223 Å². The molecule has 0 bridgehead atoms. The summed E-state index contributed by atoms with van der Waals surface area (Å²) < 4.78 is 24.3. The lowest BCUT2D eigenvalue weighted by atomic mass is 9.86. The van der Waals surface area contributed by atoms with E-state index < -0.39 is 0 Å². The molecule has 0 amide bonds. The number of imidazole rings is 1. The summed E-state index contributed by atoms with van der Waals surface area (Å²) in [5, 5.41) is 3.66. The maximum atomic E-state index is 15.7. The van der Waals surface area contributed by atoms with Crippen LogP contribution in [0, 0.1) is 0 Å². The third kappa shape index (κ3) is 3.31. The molecule has 1 unspecified atom stereocenters. The van der Waals surface area contributed by atoms with Gasteiger partial charge in [-0.05, 0) is 29.8 Å². The molecule has 7 aromatic rings. The topological polar surface area (TPSA) is 31.0 Å². The molecule has 39 heavy (non-hydrogen) atoms. The van der Waals surface area contributed by atoms with E-state index in [1.165, 1.54) is 0 Å². The number of aromatic nitrogens is 2. The molecular formula is C35H23FN2O. The van der Waals surface area contributed by atoms with Crippen molar-refractivity contribution in [3.63, 3.8) is 0 Å². The van der Waals surface area contributed by atoms with Gasteiger partial charge in [-0.25, -0.2) is 9.37 Å². The largest absolute Gasteiger partial charge is 0.455 e. The molecule has 3 nitrogen and oxygen atoms in total. The Kier molecular flexibility index (Phi) is 4.83. The molecule has 1 aliphatic rings. The summed E-state index contributed by atoms with van der Waals surface area (Å²) in [6.45, 7) is 0. The Hall–Kier alpha value is -4.96. The Morgan fingerprint density at radius 2 is 1.41 bits per heavy atom. The van der Waals surface area contributed by atoms with Gasteiger partial charge in [-0.3, -0.25) is 4.57 Å². The maximum absolute atomic E-state index is 15.7. The number of nitrogens with zero attached hydrogens (tertiary/aromatic N) is 2. The van der Waals surface area contributed by atoms with Gasteiger partial charge in [0.15, 0.2) is 0 Å². The molecule has 0 radical (unpaired) electrons. The first kappa shape index (κ1) is 22.1. The number of hydrogen-bond donors (Lipinski definition) is 0. The van der Waals surface area contributed by atoms with E-state index in [9.17, 15) is 0 Å². The molecule has 0 spiro atoms. The summed E-state index contributed by atoms with van der Waals surface area (Å²) in [6.07, 6.45) is 0.289. The SMILES string of the molecule is FC1=c2ccccc2=C(n2c(-c3cccc4c3oc3ccccc34)nc3ccccc32)C(c2ccccc2)C1. The molecule has 0 fully saturated rings. The van der Waals surface area contributed by atoms with Gasteiger partial charge in [0, 0.05) is 39.2 Å². The molecular weight excluding hydrogens is 483 g/mol. The van der Waals surface area contributed by atoms with Gasteiger partial charge >= 0.3 is 0 Å². The van der Waals surface area contributed by atoms with E-state index in [1.807, 2.05) is 78.9 Å². The smallest absolute Gasteiger partial charge is 0.149 e. The van der Waals surface area contributed by atoms with Crippen LogP contribution in [0.3, 0.4) is 0 Å². The lowest BCUT2D eigenvalue weighted by molar-refractivity contribution is 0.656. The van der Waals surface area contributed by atoms with E-state index in [0.717, 1.165) is 60.8 Å².